The Morgan fingerprint density at radius 3 is 2.59 bits per heavy atom. The quantitative estimate of drug-likeness (QED) is 0.666. The number of rotatable bonds is 1. The molecule has 3 atom stereocenters. The Morgan fingerprint density at radius 1 is 0.969 bits per heavy atom. The van der Waals surface area contributed by atoms with E-state index in [0.29, 0.717) is 17.1 Å². The van der Waals surface area contributed by atoms with Gasteiger partial charge in [0.2, 0.25) is 0 Å². The van der Waals surface area contributed by atoms with E-state index in [-0.39, 0.29) is 11.2 Å². The third-order valence-electron chi connectivity index (χ3n) is 8.02. The van der Waals surface area contributed by atoms with E-state index in [4.69, 9.17) is 4.99 Å². The average Bonchev–Trinajstić information content (AvgIpc) is 3.17. The highest BCUT2D eigenvalue weighted by Crippen LogP contribution is 2.59. The van der Waals surface area contributed by atoms with E-state index >= 15 is 0 Å². The van der Waals surface area contributed by atoms with Gasteiger partial charge in [0.1, 0.15) is 23.4 Å². The van der Waals surface area contributed by atoms with Gasteiger partial charge < -0.3 is 4.90 Å². The molecule has 0 radical (unpaired) electrons. The topological polar surface area (TPSA) is 63.2 Å². The summed E-state index contributed by atoms with van der Waals surface area (Å²) in [7, 11) is 0. The van der Waals surface area contributed by atoms with Crippen LogP contribution in [0.5, 0.6) is 0 Å². The summed E-state index contributed by atoms with van der Waals surface area (Å²) < 4.78 is 0. The van der Waals surface area contributed by atoms with Crippen LogP contribution in [0.25, 0.3) is 5.57 Å². The molecule has 6 rings (SSSR count). The van der Waals surface area contributed by atoms with Crippen molar-refractivity contribution in [1.82, 2.24) is 0 Å². The smallest absolute Gasteiger partial charge is 0.140 e. The van der Waals surface area contributed by atoms with Gasteiger partial charge in [0.15, 0.2) is 0 Å². The Balaban J connectivity index is 1.63. The number of allylic oxidation sites excluding steroid dienone is 2. The maximum Gasteiger partial charge on any atom is 0.140 e. The molecule has 1 fully saturated rings. The van der Waals surface area contributed by atoms with Crippen LogP contribution in [0.3, 0.4) is 0 Å². The number of hydrogen-bond acceptors (Lipinski definition) is 4. The Morgan fingerprint density at radius 2 is 1.78 bits per heavy atom. The predicted octanol–water partition coefficient (Wildman–Crippen LogP) is 4.84. The molecule has 4 nitrogen and oxygen atoms in total. The van der Waals surface area contributed by atoms with Gasteiger partial charge in [-0.3, -0.25) is 4.99 Å². The highest BCUT2D eigenvalue weighted by molar-refractivity contribution is 5.74. The summed E-state index contributed by atoms with van der Waals surface area (Å²) in [6.45, 7) is 0. The van der Waals surface area contributed by atoms with E-state index < -0.39 is 0 Å². The van der Waals surface area contributed by atoms with Crippen molar-refractivity contribution in [3.8, 4) is 12.1 Å². The molecule has 32 heavy (non-hydrogen) atoms. The molecule has 1 spiro atoms. The fourth-order valence-electron chi connectivity index (χ4n) is 6.81. The van der Waals surface area contributed by atoms with Crippen LogP contribution in [0.15, 0.2) is 64.8 Å². The molecule has 0 unspecified atom stereocenters. The second kappa shape index (κ2) is 7.35. The predicted molar refractivity (Wildman–Crippen MR) is 124 cm³/mol. The van der Waals surface area contributed by atoms with Crippen molar-refractivity contribution < 1.29 is 0 Å². The SMILES string of the molecule is N#CC(C#N)=c1ccc2c(c1)N1C3=C(CCCC3)[C@H](c3ccccc3)[C@H]3CCCC[C@]31N=2. The Bertz CT molecular complexity index is 1310. The summed E-state index contributed by atoms with van der Waals surface area (Å²) >= 11 is 0. The van der Waals surface area contributed by atoms with E-state index in [2.05, 4.69) is 47.4 Å². The number of nitrogens with zero attached hydrogens (tertiary/aromatic N) is 4. The first-order valence-corrected chi connectivity index (χ1v) is 11.9. The second-order valence-electron chi connectivity index (χ2n) is 9.55. The van der Waals surface area contributed by atoms with Gasteiger partial charge in [0.25, 0.3) is 0 Å². The van der Waals surface area contributed by atoms with Gasteiger partial charge in [-0.2, -0.15) is 10.5 Å². The molecule has 158 valence electrons. The van der Waals surface area contributed by atoms with Crippen LogP contribution in [0.2, 0.25) is 0 Å². The molecule has 4 heteroatoms. The lowest BCUT2D eigenvalue weighted by Crippen LogP contribution is -2.57. The van der Waals surface area contributed by atoms with Crippen molar-refractivity contribution in [3.05, 3.63) is 75.9 Å². The molecule has 2 aromatic rings. The monoisotopic (exact) mass is 418 g/mol. The normalized spacial score (nSPS) is 27.8. The fourth-order valence-corrected chi connectivity index (χ4v) is 6.81. The standard InChI is InChI=1S/C28H26N4/c29-17-21(18-30)20-13-14-24-26(16-20)32-25-12-5-4-10-22(25)27(19-8-2-1-3-9-19)23-11-6-7-15-28(23,32)31-24/h1-3,8-9,13-14,16,23,27H,4-7,10-12,15H2/t23-,27+,28-/m1/s1. The lowest BCUT2D eigenvalue weighted by Gasteiger charge is -2.56. The lowest BCUT2D eigenvalue weighted by molar-refractivity contribution is 0.156. The van der Waals surface area contributed by atoms with Crippen molar-refractivity contribution in [3.63, 3.8) is 0 Å². The minimum absolute atomic E-state index is 0.172. The van der Waals surface area contributed by atoms with E-state index in [0.717, 1.165) is 30.3 Å². The van der Waals surface area contributed by atoms with Crippen LogP contribution in [0, 0.1) is 28.6 Å². The second-order valence-corrected chi connectivity index (χ2v) is 9.55. The average molecular weight is 419 g/mol. The number of nitriles is 2. The fraction of sp³-hybridized carbons (Fsp3) is 0.393. The van der Waals surface area contributed by atoms with Crippen molar-refractivity contribution in [2.24, 2.45) is 10.9 Å². The number of hydrogen-bond donors (Lipinski definition) is 0. The van der Waals surface area contributed by atoms with Gasteiger partial charge in [0.05, 0.1) is 11.0 Å². The zero-order valence-electron chi connectivity index (χ0n) is 18.2. The van der Waals surface area contributed by atoms with Crippen LogP contribution in [0.1, 0.15) is 62.8 Å². The molecule has 2 aliphatic carbocycles. The Labute approximate surface area is 188 Å². The molecular formula is C28H26N4. The highest BCUT2D eigenvalue weighted by atomic mass is 15.4. The number of anilines is 1. The largest absolute Gasteiger partial charge is 0.318 e. The molecule has 1 saturated carbocycles. The lowest BCUT2D eigenvalue weighted by atomic mass is 9.62. The molecule has 2 aromatic carbocycles. The van der Waals surface area contributed by atoms with E-state index in [1.807, 2.05) is 18.2 Å². The molecule has 0 aromatic heterocycles. The first-order chi connectivity index (χ1) is 15.8. The summed E-state index contributed by atoms with van der Waals surface area (Å²) in [5, 5.41) is 20.6. The summed E-state index contributed by atoms with van der Waals surface area (Å²) in [6.07, 6.45) is 9.39. The summed E-state index contributed by atoms with van der Waals surface area (Å²) in [5.74, 6) is 0.877. The van der Waals surface area contributed by atoms with Crippen molar-refractivity contribution in [1.29, 1.82) is 10.5 Å². The van der Waals surface area contributed by atoms with Crippen molar-refractivity contribution in [2.45, 2.75) is 62.9 Å². The first kappa shape index (κ1) is 19.3. The van der Waals surface area contributed by atoms with Gasteiger partial charge in [0, 0.05) is 22.8 Å². The summed E-state index contributed by atoms with van der Waals surface area (Å²) in [5.41, 5.74) is 5.52. The van der Waals surface area contributed by atoms with Gasteiger partial charge in [-0.15, -0.1) is 0 Å². The molecule has 0 N–H and O–H groups in total. The Kier molecular flexibility index (Phi) is 4.44. The van der Waals surface area contributed by atoms with E-state index in [1.165, 1.54) is 43.4 Å². The minimum atomic E-state index is -0.241. The van der Waals surface area contributed by atoms with Gasteiger partial charge >= 0.3 is 0 Å². The number of benzene rings is 2. The molecule has 0 amide bonds. The third-order valence-corrected chi connectivity index (χ3v) is 8.02. The minimum Gasteiger partial charge on any atom is -0.318 e. The zero-order valence-corrected chi connectivity index (χ0v) is 18.2. The highest BCUT2D eigenvalue weighted by Gasteiger charge is 2.57. The van der Waals surface area contributed by atoms with Crippen molar-refractivity contribution in [2.75, 3.05) is 4.90 Å². The Hall–Kier alpha value is -3.37. The zero-order chi connectivity index (χ0) is 21.7. The summed E-state index contributed by atoms with van der Waals surface area (Å²) in [4.78, 5) is 8.03. The molecule has 2 heterocycles. The van der Waals surface area contributed by atoms with Gasteiger partial charge in [-0.1, -0.05) is 42.8 Å². The molecule has 0 saturated heterocycles. The number of fused-ring (bicyclic) bond motifs is 3. The van der Waals surface area contributed by atoms with E-state index in [9.17, 15) is 10.5 Å². The van der Waals surface area contributed by atoms with Crippen molar-refractivity contribution >= 4 is 11.3 Å². The maximum absolute atomic E-state index is 9.44. The third kappa shape index (κ3) is 2.63. The van der Waals surface area contributed by atoms with Crippen LogP contribution in [0.4, 0.5) is 5.69 Å². The summed E-state index contributed by atoms with van der Waals surface area (Å²) in [6, 6.07) is 21.2. The molecule has 2 aliphatic heterocycles. The van der Waals surface area contributed by atoms with Crippen LogP contribution < -0.4 is 15.5 Å². The van der Waals surface area contributed by atoms with Gasteiger partial charge in [-0.25, -0.2) is 0 Å². The van der Waals surface area contributed by atoms with Crippen LogP contribution in [-0.2, 0) is 0 Å². The van der Waals surface area contributed by atoms with E-state index in [1.54, 1.807) is 5.57 Å². The van der Waals surface area contributed by atoms with Crippen LogP contribution in [-0.4, -0.2) is 5.66 Å². The molecule has 4 aliphatic rings. The maximum atomic E-state index is 9.44. The molecular weight excluding hydrogens is 392 g/mol. The first-order valence-electron chi connectivity index (χ1n) is 11.9. The van der Waals surface area contributed by atoms with Gasteiger partial charge in [-0.05, 0) is 68.2 Å². The molecule has 0 bridgehead atoms. The van der Waals surface area contributed by atoms with Crippen LogP contribution >= 0.6 is 0 Å².